The Balaban J connectivity index is 2.04. The second-order valence-corrected chi connectivity index (χ2v) is 6.65. The maximum atomic E-state index is 12.1. The Morgan fingerprint density at radius 2 is 1.88 bits per heavy atom. The van der Waals surface area contributed by atoms with Gasteiger partial charge in [0.2, 0.25) is 0 Å². The van der Waals surface area contributed by atoms with Crippen molar-refractivity contribution in [3.8, 4) is 5.75 Å². The third kappa shape index (κ3) is 3.65. The van der Waals surface area contributed by atoms with Gasteiger partial charge in [-0.25, -0.2) is 9.79 Å². The van der Waals surface area contributed by atoms with Crippen molar-refractivity contribution in [1.29, 1.82) is 0 Å². The number of aryl methyl sites for hydroxylation is 1. The van der Waals surface area contributed by atoms with Gasteiger partial charge >= 0.3 is 5.97 Å². The molecule has 26 heavy (non-hydrogen) atoms. The molecule has 2 aromatic carbocycles. The van der Waals surface area contributed by atoms with Gasteiger partial charge in [-0.3, -0.25) is 0 Å². The van der Waals surface area contributed by atoms with Crippen LogP contribution in [0.4, 0.5) is 5.69 Å². The summed E-state index contributed by atoms with van der Waals surface area (Å²) >= 11 is 1.19. The summed E-state index contributed by atoms with van der Waals surface area (Å²) < 4.78 is 4.79. The third-order valence-corrected chi connectivity index (χ3v) is 4.81. The van der Waals surface area contributed by atoms with Crippen LogP contribution in [0.25, 0.3) is 6.08 Å². The van der Waals surface area contributed by atoms with Crippen molar-refractivity contribution in [2.24, 2.45) is 4.99 Å². The predicted octanol–water partition coefficient (Wildman–Crippen LogP) is 4.50. The summed E-state index contributed by atoms with van der Waals surface area (Å²) in [4.78, 5) is 17.1. The number of carbonyl (C=O) groups excluding carboxylic acids is 1. The van der Waals surface area contributed by atoms with E-state index in [-0.39, 0.29) is 17.1 Å². The molecular weight excluding hydrogens is 350 g/mol. The number of carbonyl (C=O) groups is 1. The zero-order valence-electron chi connectivity index (χ0n) is 14.3. The highest BCUT2D eigenvalue weighted by molar-refractivity contribution is 8.18. The van der Waals surface area contributed by atoms with Gasteiger partial charge in [-0.15, -0.1) is 0 Å². The Morgan fingerprint density at radius 3 is 2.54 bits per heavy atom. The fraction of sp³-hybridized carbons (Fsp3) is 0.100. The van der Waals surface area contributed by atoms with Crippen LogP contribution in [0.1, 0.15) is 11.1 Å². The lowest BCUT2D eigenvalue weighted by atomic mass is 10.1. The van der Waals surface area contributed by atoms with E-state index in [1.807, 2.05) is 30.3 Å². The van der Waals surface area contributed by atoms with Crippen LogP contribution in [0.15, 0.2) is 69.8 Å². The molecule has 0 aromatic heterocycles. The van der Waals surface area contributed by atoms with E-state index in [1.54, 1.807) is 31.2 Å². The number of esters is 1. The zero-order valence-corrected chi connectivity index (χ0v) is 15.1. The summed E-state index contributed by atoms with van der Waals surface area (Å²) in [6, 6.07) is 14.3. The molecule has 1 aliphatic heterocycles. The van der Waals surface area contributed by atoms with Gasteiger partial charge in [0.1, 0.15) is 22.1 Å². The Hall–Kier alpha value is -2.99. The molecule has 2 N–H and O–H groups in total. The van der Waals surface area contributed by atoms with E-state index in [4.69, 9.17) is 4.74 Å². The summed E-state index contributed by atoms with van der Waals surface area (Å²) in [5.41, 5.74) is 2.23. The van der Waals surface area contributed by atoms with E-state index in [2.05, 4.69) is 4.99 Å². The topological polar surface area (TPSA) is 79.1 Å². The maximum absolute atomic E-state index is 12.1. The van der Waals surface area contributed by atoms with E-state index >= 15 is 0 Å². The second-order valence-electron chi connectivity index (χ2n) is 5.62. The molecule has 132 valence electrons. The van der Waals surface area contributed by atoms with E-state index in [1.165, 1.54) is 18.9 Å². The third-order valence-electron chi connectivity index (χ3n) is 3.79. The summed E-state index contributed by atoms with van der Waals surface area (Å²) in [5.74, 6) is -0.607. The first kappa shape index (κ1) is 17.8. The number of aliphatic hydroxyl groups is 1. The van der Waals surface area contributed by atoms with Gasteiger partial charge in [0.05, 0.1) is 17.7 Å². The number of aromatic hydroxyl groups is 1. The van der Waals surface area contributed by atoms with Gasteiger partial charge < -0.3 is 14.9 Å². The number of phenolic OH excluding ortho intramolecular Hbond substituents is 1. The standard InChI is InChI=1S/C20H17NO4S/c1-12-10-13(8-9-15(12)22)11-16-18(23)17(20(24)25-2)19(26-16)21-14-6-4-3-5-7-14/h3-11,22-23H,1-2H3/b16-11+,21-19?. The number of methoxy groups -OCH3 is 1. The number of hydrogen-bond donors (Lipinski definition) is 2. The quantitative estimate of drug-likeness (QED) is 0.781. The molecule has 1 aliphatic rings. The Morgan fingerprint density at radius 1 is 1.15 bits per heavy atom. The number of aliphatic imine (C=N–C) groups is 1. The van der Waals surface area contributed by atoms with Crippen LogP contribution in [0.2, 0.25) is 0 Å². The zero-order chi connectivity index (χ0) is 18.7. The molecule has 0 saturated heterocycles. The highest BCUT2D eigenvalue weighted by Gasteiger charge is 2.32. The van der Waals surface area contributed by atoms with Crippen LogP contribution in [-0.4, -0.2) is 28.3 Å². The summed E-state index contributed by atoms with van der Waals surface area (Å²) in [6.07, 6.45) is 1.74. The van der Waals surface area contributed by atoms with E-state index in [9.17, 15) is 15.0 Å². The van der Waals surface area contributed by atoms with Crippen molar-refractivity contribution in [3.05, 3.63) is 75.9 Å². The predicted molar refractivity (Wildman–Crippen MR) is 104 cm³/mol. The SMILES string of the molecule is COC(=O)C1=C(O)/C(=C\c2ccc(O)c(C)c2)SC1=Nc1ccccc1. The number of ether oxygens (including phenoxy) is 1. The molecule has 0 unspecified atom stereocenters. The van der Waals surface area contributed by atoms with Gasteiger partial charge in [0, 0.05) is 0 Å². The van der Waals surface area contributed by atoms with Crippen molar-refractivity contribution < 1.29 is 19.7 Å². The van der Waals surface area contributed by atoms with Gasteiger partial charge in [0.15, 0.2) is 0 Å². The molecule has 0 radical (unpaired) electrons. The molecule has 1 heterocycles. The number of phenols is 1. The minimum absolute atomic E-state index is 0.0445. The Labute approximate surface area is 155 Å². The van der Waals surface area contributed by atoms with Gasteiger partial charge in [-0.2, -0.15) is 0 Å². The van der Waals surface area contributed by atoms with E-state index < -0.39 is 5.97 Å². The molecule has 2 aromatic rings. The fourth-order valence-corrected chi connectivity index (χ4v) is 3.47. The van der Waals surface area contributed by atoms with Crippen molar-refractivity contribution in [1.82, 2.24) is 0 Å². The van der Waals surface area contributed by atoms with Crippen molar-refractivity contribution >= 4 is 34.5 Å². The minimum Gasteiger partial charge on any atom is -0.508 e. The molecule has 0 atom stereocenters. The molecule has 0 aliphatic carbocycles. The molecule has 0 bridgehead atoms. The van der Waals surface area contributed by atoms with Crippen molar-refractivity contribution in [2.75, 3.05) is 7.11 Å². The monoisotopic (exact) mass is 367 g/mol. The number of aliphatic hydroxyl groups excluding tert-OH is 1. The average Bonchev–Trinajstić information content (AvgIpc) is 2.93. The molecule has 3 rings (SSSR count). The summed E-state index contributed by atoms with van der Waals surface area (Å²) in [7, 11) is 1.26. The van der Waals surface area contributed by atoms with Crippen LogP contribution >= 0.6 is 11.8 Å². The highest BCUT2D eigenvalue weighted by Crippen LogP contribution is 2.40. The van der Waals surface area contributed by atoms with Gasteiger partial charge in [-0.05, 0) is 48.4 Å². The van der Waals surface area contributed by atoms with Crippen molar-refractivity contribution in [3.63, 3.8) is 0 Å². The first-order valence-corrected chi connectivity index (χ1v) is 8.66. The summed E-state index contributed by atoms with van der Waals surface area (Å²) in [5, 5.41) is 20.6. The lowest BCUT2D eigenvalue weighted by molar-refractivity contribution is -0.135. The molecule has 5 nitrogen and oxygen atoms in total. The fourth-order valence-electron chi connectivity index (χ4n) is 2.43. The smallest absolute Gasteiger partial charge is 0.344 e. The van der Waals surface area contributed by atoms with Crippen LogP contribution in [0.3, 0.4) is 0 Å². The minimum atomic E-state index is -0.644. The van der Waals surface area contributed by atoms with Crippen LogP contribution < -0.4 is 0 Å². The molecular formula is C20H17NO4S. The molecule has 0 fully saturated rings. The molecule has 0 amide bonds. The number of benzene rings is 2. The molecule has 0 spiro atoms. The first-order chi connectivity index (χ1) is 12.5. The lowest BCUT2D eigenvalue weighted by Crippen LogP contribution is -2.10. The number of thioether (sulfide) groups is 1. The molecule has 6 heteroatoms. The largest absolute Gasteiger partial charge is 0.508 e. The Bertz CT molecular complexity index is 946. The average molecular weight is 367 g/mol. The van der Waals surface area contributed by atoms with E-state index in [0.29, 0.717) is 15.6 Å². The second kappa shape index (κ2) is 7.49. The van der Waals surface area contributed by atoms with E-state index in [0.717, 1.165) is 11.1 Å². The number of para-hydroxylation sites is 1. The number of nitrogens with zero attached hydrogens (tertiary/aromatic N) is 1. The van der Waals surface area contributed by atoms with Crippen molar-refractivity contribution in [2.45, 2.75) is 6.92 Å². The van der Waals surface area contributed by atoms with Crippen LogP contribution in [0, 0.1) is 6.92 Å². The van der Waals surface area contributed by atoms with Crippen LogP contribution in [-0.2, 0) is 9.53 Å². The lowest BCUT2D eigenvalue weighted by Gasteiger charge is -2.02. The summed E-state index contributed by atoms with van der Waals surface area (Å²) in [6.45, 7) is 1.79. The highest BCUT2D eigenvalue weighted by atomic mass is 32.2. The van der Waals surface area contributed by atoms with Gasteiger partial charge in [-0.1, -0.05) is 36.0 Å². The van der Waals surface area contributed by atoms with Crippen LogP contribution in [0.5, 0.6) is 5.75 Å². The normalized spacial score (nSPS) is 17.2. The Kier molecular flexibility index (Phi) is 5.14. The maximum Gasteiger partial charge on any atom is 0.344 e. The first-order valence-electron chi connectivity index (χ1n) is 7.85. The molecule has 0 saturated carbocycles. The number of rotatable bonds is 3. The number of hydrogen-bond acceptors (Lipinski definition) is 6. The van der Waals surface area contributed by atoms with Gasteiger partial charge in [0.25, 0.3) is 0 Å².